The van der Waals surface area contributed by atoms with Crippen LogP contribution in [0, 0.1) is 53.2 Å². The van der Waals surface area contributed by atoms with E-state index in [1.807, 2.05) is 13.8 Å². The molecule has 0 amide bonds. The molecule has 35 heavy (non-hydrogen) atoms. The Balaban J connectivity index is 1.21. The minimum atomic E-state index is -0.499. The number of aliphatic hydroxyl groups is 1. The first kappa shape index (κ1) is 23.6. The Morgan fingerprint density at radius 1 is 1.03 bits per heavy atom. The normalized spacial score (nSPS) is 43.0. The van der Waals surface area contributed by atoms with Crippen LogP contribution in [0.25, 0.3) is 11.0 Å². The van der Waals surface area contributed by atoms with Crippen molar-refractivity contribution in [3.05, 3.63) is 23.5 Å². The lowest BCUT2D eigenvalue weighted by Crippen LogP contribution is -2.55. The molecular formula is C29H40FN3O2. The van der Waals surface area contributed by atoms with Crippen LogP contribution in [0.3, 0.4) is 0 Å². The number of fused-ring (bicyclic) bond motifs is 6. The van der Waals surface area contributed by atoms with Gasteiger partial charge in [0.25, 0.3) is 0 Å². The van der Waals surface area contributed by atoms with Gasteiger partial charge in [-0.25, -0.2) is 4.39 Å². The maximum Gasteiger partial charge on any atom is 0.159 e. The summed E-state index contributed by atoms with van der Waals surface area (Å²) in [4.78, 5) is 15.1. The van der Waals surface area contributed by atoms with Crippen molar-refractivity contribution in [3.63, 3.8) is 0 Å². The number of aromatic nitrogens is 3. The van der Waals surface area contributed by atoms with Crippen molar-refractivity contribution >= 4 is 16.8 Å². The fraction of sp³-hybridized carbons (Fsp3) is 0.759. The number of carbonyl (C=O) groups excluding carboxylic acids is 1. The largest absolute Gasteiger partial charge is 0.390 e. The van der Waals surface area contributed by atoms with E-state index in [2.05, 4.69) is 24.0 Å². The van der Waals surface area contributed by atoms with Crippen LogP contribution in [0.1, 0.15) is 84.1 Å². The van der Waals surface area contributed by atoms with Gasteiger partial charge in [0.05, 0.1) is 5.60 Å². The molecule has 0 saturated heterocycles. The zero-order chi connectivity index (χ0) is 24.8. The first-order chi connectivity index (χ1) is 16.5. The minimum Gasteiger partial charge on any atom is -0.390 e. The van der Waals surface area contributed by atoms with E-state index >= 15 is 0 Å². The van der Waals surface area contributed by atoms with Crippen molar-refractivity contribution in [3.8, 4) is 0 Å². The third kappa shape index (κ3) is 3.60. The SMILES string of the molecule is Cc1cc(F)cc2nn(CC(=O)[C@H]3CC[C@H]4[C@@H]5CC[C@@H]6C[C@](C)(O)CC[C@]6(C)[C@H]5CC[C@]34C)nc12. The van der Waals surface area contributed by atoms with Gasteiger partial charge in [-0.1, -0.05) is 13.8 Å². The molecule has 0 bridgehead atoms. The Hall–Kier alpha value is -1.82. The van der Waals surface area contributed by atoms with Crippen LogP contribution >= 0.6 is 0 Å². The summed E-state index contributed by atoms with van der Waals surface area (Å²) in [5, 5.41) is 19.7. The quantitative estimate of drug-likeness (QED) is 0.596. The smallest absolute Gasteiger partial charge is 0.159 e. The maximum absolute atomic E-state index is 13.8. The molecule has 0 unspecified atom stereocenters. The first-order valence-corrected chi connectivity index (χ1v) is 13.8. The van der Waals surface area contributed by atoms with E-state index in [4.69, 9.17) is 0 Å². The van der Waals surface area contributed by atoms with E-state index in [0.29, 0.717) is 34.2 Å². The summed E-state index contributed by atoms with van der Waals surface area (Å²) in [6.07, 6.45) is 9.91. The number of hydrogen-bond acceptors (Lipinski definition) is 4. The van der Waals surface area contributed by atoms with Crippen LogP contribution in [0.15, 0.2) is 12.1 Å². The third-order valence-electron chi connectivity index (χ3n) is 11.3. The molecule has 190 valence electrons. The molecule has 8 atom stereocenters. The van der Waals surface area contributed by atoms with E-state index < -0.39 is 5.60 Å². The summed E-state index contributed by atoms with van der Waals surface area (Å²) in [6, 6.07) is 2.86. The summed E-state index contributed by atoms with van der Waals surface area (Å²) in [7, 11) is 0. The number of ketones is 1. The first-order valence-electron chi connectivity index (χ1n) is 13.8. The van der Waals surface area contributed by atoms with Gasteiger partial charge in [0.15, 0.2) is 5.78 Å². The highest BCUT2D eigenvalue weighted by atomic mass is 19.1. The van der Waals surface area contributed by atoms with Gasteiger partial charge in [-0.3, -0.25) is 4.79 Å². The number of aryl methyl sites for hydroxylation is 1. The second-order valence-electron chi connectivity index (χ2n) is 13.3. The van der Waals surface area contributed by atoms with Crippen molar-refractivity contribution < 1.29 is 14.3 Å². The van der Waals surface area contributed by atoms with Crippen LogP contribution in [-0.2, 0) is 11.3 Å². The molecule has 2 aromatic rings. The van der Waals surface area contributed by atoms with E-state index in [1.54, 1.807) is 0 Å². The summed E-state index contributed by atoms with van der Waals surface area (Å²) in [5.74, 6) is 2.63. The number of rotatable bonds is 3. The summed E-state index contributed by atoms with van der Waals surface area (Å²) >= 11 is 0. The second-order valence-corrected chi connectivity index (χ2v) is 13.3. The molecule has 1 N–H and O–H groups in total. The highest BCUT2D eigenvalue weighted by Crippen LogP contribution is 2.68. The van der Waals surface area contributed by atoms with E-state index in [0.717, 1.165) is 50.0 Å². The predicted molar refractivity (Wildman–Crippen MR) is 133 cm³/mol. The molecule has 4 aliphatic carbocycles. The standard InChI is InChI=1S/C29H40FN3O2/c1-17-13-19(30)14-24-26(17)32-33(31-24)16-25(34)23-8-7-21-20-6-5-18-15-27(2,35)11-12-28(18,3)22(20)9-10-29(21,23)4/h13-14,18,20-23,35H,5-12,15-16H2,1-4H3/t18-,20+,21+,22+,23-,27-,28+,29+/m1/s1. The van der Waals surface area contributed by atoms with Crippen LogP contribution in [0.4, 0.5) is 4.39 Å². The lowest BCUT2D eigenvalue weighted by atomic mass is 9.44. The summed E-state index contributed by atoms with van der Waals surface area (Å²) in [5.41, 5.74) is 1.82. The molecule has 0 aliphatic heterocycles. The Kier molecular flexibility index (Phi) is 5.28. The molecule has 1 aromatic carbocycles. The van der Waals surface area contributed by atoms with Crippen LogP contribution in [0.2, 0.25) is 0 Å². The molecule has 6 heteroatoms. The number of nitrogens with zero attached hydrogens (tertiary/aromatic N) is 3. The second kappa shape index (κ2) is 7.84. The van der Waals surface area contributed by atoms with E-state index in [1.165, 1.54) is 36.2 Å². The number of halogens is 1. The highest BCUT2D eigenvalue weighted by Gasteiger charge is 2.61. The highest BCUT2D eigenvalue weighted by molar-refractivity contribution is 5.83. The number of benzene rings is 1. The Morgan fingerprint density at radius 2 is 1.80 bits per heavy atom. The number of carbonyl (C=O) groups is 1. The average molecular weight is 482 g/mol. The fourth-order valence-corrected chi connectivity index (χ4v) is 9.47. The fourth-order valence-electron chi connectivity index (χ4n) is 9.47. The van der Waals surface area contributed by atoms with E-state index in [-0.39, 0.29) is 29.5 Å². The Morgan fingerprint density at radius 3 is 2.60 bits per heavy atom. The monoisotopic (exact) mass is 481 g/mol. The lowest BCUT2D eigenvalue weighted by molar-refractivity contribution is -0.151. The van der Waals surface area contributed by atoms with Gasteiger partial charge in [-0.05, 0) is 118 Å². The van der Waals surface area contributed by atoms with Crippen LogP contribution in [-0.4, -0.2) is 31.5 Å². The molecule has 4 saturated carbocycles. The van der Waals surface area contributed by atoms with Gasteiger partial charge in [0.1, 0.15) is 23.4 Å². The van der Waals surface area contributed by atoms with Crippen LogP contribution in [0.5, 0.6) is 0 Å². The molecule has 5 nitrogen and oxygen atoms in total. The van der Waals surface area contributed by atoms with Gasteiger partial charge in [-0.15, -0.1) is 0 Å². The number of hydrogen-bond donors (Lipinski definition) is 1. The van der Waals surface area contributed by atoms with Gasteiger partial charge in [0, 0.05) is 12.0 Å². The van der Waals surface area contributed by atoms with E-state index in [9.17, 15) is 14.3 Å². The summed E-state index contributed by atoms with van der Waals surface area (Å²) in [6.45, 7) is 8.93. The minimum absolute atomic E-state index is 0.0518. The molecule has 0 spiro atoms. The molecule has 0 radical (unpaired) electrons. The van der Waals surface area contributed by atoms with Gasteiger partial charge >= 0.3 is 0 Å². The number of Topliss-reactive ketones (excluding diaryl/α,β-unsaturated/α-hetero) is 1. The Bertz CT molecular complexity index is 1170. The van der Waals surface area contributed by atoms with Crippen LogP contribution < -0.4 is 0 Å². The molecule has 1 aromatic heterocycles. The summed E-state index contributed by atoms with van der Waals surface area (Å²) < 4.78 is 13.8. The predicted octanol–water partition coefficient (Wildman–Crippen LogP) is 5.86. The zero-order valence-electron chi connectivity index (χ0n) is 21.7. The van der Waals surface area contributed by atoms with Gasteiger partial charge < -0.3 is 5.11 Å². The zero-order valence-corrected chi connectivity index (χ0v) is 21.7. The van der Waals surface area contributed by atoms with Crippen molar-refractivity contribution in [1.29, 1.82) is 0 Å². The molecule has 6 rings (SSSR count). The molecule has 4 fully saturated rings. The topological polar surface area (TPSA) is 68.0 Å². The van der Waals surface area contributed by atoms with Crippen molar-refractivity contribution in [2.45, 2.75) is 97.6 Å². The Labute approximate surface area is 207 Å². The van der Waals surface area contributed by atoms with Gasteiger partial charge in [-0.2, -0.15) is 15.0 Å². The maximum atomic E-state index is 13.8. The van der Waals surface area contributed by atoms with Gasteiger partial charge in [0.2, 0.25) is 0 Å². The van der Waals surface area contributed by atoms with Crippen molar-refractivity contribution in [2.24, 2.45) is 40.4 Å². The average Bonchev–Trinajstić information content (AvgIpc) is 3.34. The molecular weight excluding hydrogens is 441 g/mol. The van der Waals surface area contributed by atoms with Crippen molar-refractivity contribution in [1.82, 2.24) is 15.0 Å². The lowest BCUT2D eigenvalue weighted by Gasteiger charge is -2.61. The third-order valence-corrected chi connectivity index (χ3v) is 11.3. The molecule has 1 heterocycles. The molecule has 4 aliphatic rings. The van der Waals surface area contributed by atoms with Crippen molar-refractivity contribution in [2.75, 3.05) is 0 Å².